The largest absolute Gasteiger partial charge is 0.489 e. The molecular formula is C28H27F2N3O5. The highest BCUT2D eigenvalue weighted by Crippen LogP contribution is 2.45. The monoisotopic (exact) mass is 523 g/mol. The van der Waals surface area contributed by atoms with Gasteiger partial charge in [0.15, 0.2) is 11.6 Å². The number of hydrogen-bond acceptors (Lipinski definition) is 6. The second kappa shape index (κ2) is 9.36. The van der Waals surface area contributed by atoms with E-state index in [0.29, 0.717) is 22.6 Å². The molecule has 2 heterocycles. The summed E-state index contributed by atoms with van der Waals surface area (Å²) in [5.41, 5.74) is 4.19. The van der Waals surface area contributed by atoms with Gasteiger partial charge in [-0.25, -0.2) is 13.8 Å². The summed E-state index contributed by atoms with van der Waals surface area (Å²) in [6.07, 6.45) is 1.77. The summed E-state index contributed by atoms with van der Waals surface area (Å²) in [7, 11) is 0. The molecule has 2 aliphatic rings. The SMILES string of the molecule is C[C@](O)(CNC(=O)c1ccc(OC2CC2)c(F)c1)c1cc2c(c(-c3ccc(F)cc3)n1)OC[C@]2(C)C(N)=O. The maximum absolute atomic E-state index is 14.4. The molecule has 8 nitrogen and oxygen atoms in total. The molecule has 38 heavy (non-hydrogen) atoms. The van der Waals surface area contributed by atoms with E-state index < -0.39 is 34.5 Å². The highest BCUT2D eigenvalue weighted by atomic mass is 19.1. The van der Waals surface area contributed by atoms with Crippen LogP contribution in [-0.4, -0.2) is 41.2 Å². The number of carbonyl (C=O) groups is 2. The van der Waals surface area contributed by atoms with Crippen molar-refractivity contribution in [3.05, 3.63) is 77.0 Å². The van der Waals surface area contributed by atoms with Crippen LogP contribution >= 0.6 is 0 Å². The van der Waals surface area contributed by atoms with Gasteiger partial charge in [-0.3, -0.25) is 9.59 Å². The van der Waals surface area contributed by atoms with Crippen molar-refractivity contribution in [1.29, 1.82) is 0 Å². The van der Waals surface area contributed by atoms with Crippen molar-refractivity contribution in [2.24, 2.45) is 5.73 Å². The highest BCUT2D eigenvalue weighted by molar-refractivity contribution is 5.94. The Labute approximate surface area is 217 Å². The molecule has 3 aromatic rings. The molecule has 2 atom stereocenters. The number of aromatic nitrogens is 1. The van der Waals surface area contributed by atoms with E-state index in [2.05, 4.69) is 10.3 Å². The topological polar surface area (TPSA) is 124 Å². The predicted octanol–water partition coefficient (Wildman–Crippen LogP) is 3.34. The van der Waals surface area contributed by atoms with Gasteiger partial charge in [0.2, 0.25) is 5.91 Å². The van der Waals surface area contributed by atoms with Crippen molar-refractivity contribution in [2.45, 2.75) is 43.8 Å². The number of benzene rings is 2. The predicted molar refractivity (Wildman–Crippen MR) is 134 cm³/mol. The summed E-state index contributed by atoms with van der Waals surface area (Å²) in [6, 6.07) is 11.0. The molecular weight excluding hydrogens is 496 g/mol. The lowest BCUT2D eigenvalue weighted by molar-refractivity contribution is -0.123. The molecule has 1 fully saturated rings. The molecule has 0 saturated heterocycles. The third-order valence-electron chi connectivity index (χ3n) is 6.89. The lowest BCUT2D eigenvalue weighted by Gasteiger charge is -2.26. The number of rotatable bonds is 8. The summed E-state index contributed by atoms with van der Waals surface area (Å²) in [5, 5.41) is 14.0. The summed E-state index contributed by atoms with van der Waals surface area (Å²) < 4.78 is 39.2. The first kappa shape index (κ1) is 25.6. The second-order valence-corrected chi connectivity index (χ2v) is 10.1. The maximum Gasteiger partial charge on any atom is 0.251 e. The van der Waals surface area contributed by atoms with Crippen LogP contribution in [0.4, 0.5) is 8.78 Å². The minimum absolute atomic E-state index is 0.0146. The second-order valence-electron chi connectivity index (χ2n) is 10.1. The molecule has 0 radical (unpaired) electrons. The third-order valence-corrected chi connectivity index (χ3v) is 6.89. The van der Waals surface area contributed by atoms with E-state index in [9.17, 15) is 23.5 Å². The van der Waals surface area contributed by atoms with Crippen molar-refractivity contribution in [2.75, 3.05) is 13.2 Å². The lowest BCUT2D eigenvalue weighted by Crippen LogP contribution is -2.41. The number of aliphatic hydroxyl groups is 1. The van der Waals surface area contributed by atoms with Crippen LogP contribution in [0.15, 0.2) is 48.5 Å². The summed E-state index contributed by atoms with van der Waals surface area (Å²) in [4.78, 5) is 29.7. The van der Waals surface area contributed by atoms with Crippen LogP contribution in [0.2, 0.25) is 0 Å². The molecule has 0 spiro atoms. The van der Waals surface area contributed by atoms with E-state index in [-0.39, 0.29) is 36.3 Å². The molecule has 0 unspecified atom stereocenters. The van der Waals surface area contributed by atoms with Crippen LogP contribution in [0.25, 0.3) is 11.3 Å². The number of pyridine rings is 1. The molecule has 2 aromatic carbocycles. The highest BCUT2D eigenvalue weighted by Gasteiger charge is 2.45. The van der Waals surface area contributed by atoms with E-state index in [0.717, 1.165) is 18.9 Å². The Hall–Kier alpha value is -4.05. The molecule has 2 amide bonds. The van der Waals surface area contributed by atoms with Crippen LogP contribution in [0.1, 0.15) is 48.3 Å². The molecule has 1 aliphatic carbocycles. The Morgan fingerprint density at radius 1 is 1.21 bits per heavy atom. The number of carbonyl (C=O) groups excluding carboxylic acids is 2. The smallest absolute Gasteiger partial charge is 0.251 e. The minimum atomic E-state index is -1.71. The Bertz CT molecular complexity index is 1420. The number of hydrogen-bond donors (Lipinski definition) is 3. The van der Waals surface area contributed by atoms with Crippen LogP contribution in [0.5, 0.6) is 11.5 Å². The van der Waals surface area contributed by atoms with Gasteiger partial charge < -0.3 is 25.6 Å². The standard InChI is InChI=1S/C28H27F2N3O5/c1-27(26(31)35)14-37-24-19(27)12-22(33-23(24)15-3-6-17(29)7-4-15)28(2,36)13-32-25(34)16-5-10-21(20(30)11-16)38-18-8-9-18/h3-7,10-12,18,36H,8-9,13-14H2,1-2H3,(H2,31,35)(H,32,34)/t27-,28-/m0/s1. The number of primary amides is 1. The van der Waals surface area contributed by atoms with E-state index in [4.69, 9.17) is 15.2 Å². The van der Waals surface area contributed by atoms with Crippen molar-refractivity contribution in [3.63, 3.8) is 0 Å². The Morgan fingerprint density at radius 3 is 2.55 bits per heavy atom. The number of fused-ring (bicyclic) bond motifs is 1. The van der Waals surface area contributed by atoms with Crippen LogP contribution in [-0.2, 0) is 15.8 Å². The van der Waals surface area contributed by atoms with Gasteiger partial charge in [-0.1, -0.05) is 0 Å². The van der Waals surface area contributed by atoms with Gasteiger partial charge in [0.05, 0.1) is 18.3 Å². The number of nitrogens with zero attached hydrogens (tertiary/aromatic N) is 1. The van der Waals surface area contributed by atoms with Crippen molar-refractivity contribution >= 4 is 11.8 Å². The zero-order chi connectivity index (χ0) is 27.2. The van der Waals surface area contributed by atoms with Gasteiger partial charge in [0.25, 0.3) is 5.91 Å². The fourth-order valence-corrected chi connectivity index (χ4v) is 4.21. The molecule has 5 rings (SSSR count). The number of nitrogens with two attached hydrogens (primary N) is 1. The van der Waals surface area contributed by atoms with Crippen molar-refractivity contribution in [1.82, 2.24) is 10.3 Å². The van der Waals surface area contributed by atoms with Crippen LogP contribution in [0, 0.1) is 11.6 Å². The van der Waals surface area contributed by atoms with E-state index >= 15 is 0 Å². The molecule has 198 valence electrons. The Morgan fingerprint density at radius 2 is 1.92 bits per heavy atom. The van der Waals surface area contributed by atoms with Crippen molar-refractivity contribution < 1.29 is 33.0 Å². The fraction of sp³-hybridized carbons (Fsp3) is 0.321. The summed E-state index contributed by atoms with van der Waals surface area (Å²) in [5.74, 6) is -1.92. The van der Waals surface area contributed by atoms with Crippen LogP contribution in [0.3, 0.4) is 0 Å². The van der Waals surface area contributed by atoms with Crippen molar-refractivity contribution in [3.8, 4) is 22.8 Å². The van der Waals surface area contributed by atoms with E-state index in [1.807, 2.05) is 0 Å². The van der Waals surface area contributed by atoms with Gasteiger partial charge in [0.1, 0.15) is 34.9 Å². The third kappa shape index (κ3) is 4.79. The minimum Gasteiger partial charge on any atom is -0.489 e. The quantitative estimate of drug-likeness (QED) is 0.416. The molecule has 0 bridgehead atoms. The Balaban J connectivity index is 1.43. The average molecular weight is 524 g/mol. The fourth-order valence-electron chi connectivity index (χ4n) is 4.21. The van der Waals surface area contributed by atoms with Gasteiger partial charge >= 0.3 is 0 Å². The number of amides is 2. The average Bonchev–Trinajstić information content (AvgIpc) is 3.64. The van der Waals surface area contributed by atoms with Gasteiger partial charge in [-0.05, 0) is 75.2 Å². The maximum atomic E-state index is 14.4. The lowest BCUT2D eigenvalue weighted by atomic mass is 9.82. The van der Waals surface area contributed by atoms with Gasteiger partial charge in [-0.15, -0.1) is 0 Å². The number of ether oxygens (including phenoxy) is 2. The Kier molecular flexibility index (Phi) is 6.30. The first-order chi connectivity index (χ1) is 18.0. The molecule has 1 saturated carbocycles. The number of halogens is 2. The molecule has 1 aromatic heterocycles. The summed E-state index contributed by atoms with van der Waals surface area (Å²) >= 11 is 0. The van der Waals surface area contributed by atoms with Gasteiger partial charge in [-0.2, -0.15) is 0 Å². The van der Waals surface area contributed by atoms with E-state index in [1.165, 1.54) is 49.4 Å². The molecule has 10 heteroatoms. The van der Waals surface area contributed by atoms with Crippen LogP contribution < -0.4 is 20.5 Å². The zero-order valence-electron chi connectivity index (χ0n) is 20.9. The molecule has 1 aliphatic heterocycles. The van der Waals surface area contributed by atoms with Gasteiger partial charge in [0, 0.05) is 16.7 Å². The number of nitrogens with one attached hydrogen (secondary N) is 1. The normalized spacial score (nSPS) is 19.7. The first-order valence-electron chi connectivity index (χ1n) is 12.2. The zero-order valence-corrected chi connectivity index (χ0v) is 20.9. The molecule has 4 N–H and O–H groups in total. The summed E-state index contributed by atoms with van der Waals surface area (Å²) in [6.45, 7) is 2.76. The first-order valence-corrected chi connectivity index (χ1v) is 12.2. The van der Waals surface area contributed by atoms with E-state index in [1.54, 1.807) is 6.92 Å².